The molecule has 0 spiro atoms. The SMILES string of the molecule is Cc1sc(C(=O)Nc2cccc(S(=O)(=O)Nc3ccccc3Cl)c2)cc1[N+](=O)[O-]. The van der Waals surface area contributed by atoms with Gasteiger partial charge in [-0.2, -0.15) is 0 Å². The van der Waals surface area contributed by atoms with Gasteiger partial charge in [-0.3, -0.25) is 19.6 Å². The van der Waals surface area contributed by atoms with Crippen LogP contribution in [0.1, 0.15) is 14.5 Å². The van der Waals surface area contributed by atoms with Gasteiger partial charge in [-0.1, -0.05) is 29.8 Å². The van der Waals surface area contributed by atoms with E-state index in [4.69, 9.17) is 11.6 Å². The van der Waals surface area contributed by atoms with Crippen molar-refractivity contribution in [2.24, 2.45) is 0 Å². The summed E-state index contributed by atoms with van der Waals surface area (Å²) in [5.74, 6) is -0.570. The molecule has 1 heterocycles. The largest absolute Gasteiger partial charge is 0.321 e. The monoisotopic (exact) mass is 451 g/mol. The van der Waals surface area contributed by atoms with Crippen LogP contribution in [0.5, 0.6) is 0 Å². The van der Waals surface area contributed by atoms with Crippen molar-refractivity contribution in [1.82, 2.24) is 0 Å². The standard InChI is InChI=1S/C18H14ClN3O5S2/c1-11-16(22(24)25)10-17(28-11)18(23)20-12-5-4-6-13(9-12)29(26,27)21-15-8-3-2-7-14(15)19/h2-10,21H,1H3,(H,20,23). The van der Waals surface area contributed by atoms with E-state index in [1.54, 1.807) is 25.1 Å². The molecule has 3 aromatic rings. The van der Waals surface area contributed by atoms with Crippen molar-refractivity contribution in [3.8, 4) is 0 Å². The predicted molar refractivity (Wildman–Crippen MR) is 112 cm³/mol. The van der Waals surface area contributed by atoms with Crippen molar-refractivity contribution >= 4 is 55.9 Å². The lowest BCUT2D eigenvalue weighted by molar-refractivity contribution is -0.385. The van der Waals surface area contributed by atoms with Crippen LogP contribution < -0.4 is 10.0 Å². The van der Waals surface area contributed by atoms with Gasteiger partial charge < -0.3 is 5.32 Å². The van der Waals surface area contributed by atoms with Crippen molar-refractivity contribution in [2.45, 2.75) is 11.8 Å². The number of nitrogens with one attached hydrogen (secondary N) is 2. The number of carbonyl (C=O) groups excluding carboxylic acids is 1. The highest BCUT2D eigenvalue weighted by Gasteiger charge is 2.21. The Morgan fingerprint density at radius 2 is 1.86 bits per heavy atom. The van der Waals surface area contributed by atoms with Crippen LogP contribution in [0.25, 0.3) is 0 Å². The predicted octanol–water partition coefficient (Wildman–Crippen LogP) is 4.67. The van der Waals surface area contributed by atoms with E-state index in [0.29, 0.717) is 4.88 Å². The first-order chi connectivity index (χ1) is 13.7. The zero-order valence-electron chi connectivity index (χ0n) is 14.9. The number of sulfonamides is 1. The molecule has 29 heavy (non-hydrogen) atoms. The third-order valence-corrected chi connectivity index (χ3v) is 6.56. The van der Waals surface area contributed by atoms with E-state index < -0.39 is 20.9 Å². The molecule has 8 nitrogen and oxygen atoms in total. The maximum atomic E-state index is 12.6. The lowest BCUT2D eigenvalue weighted by atomic mass is 10.3. The molecule has 0 bridgehead atoms. The van der Waals surface area contributed by atoms with Gasteiger partial charge in [-0.15, -0.1) is 11.3 Å². The van der Waals surface area contributed by atoms with E-state index in [1.165, 1.54) is 36.4 Å². The smallest absolute Gasteiger partial charge is 0.283 e. The van der Waals surface area contributed by atoms with Crippen molar-refractivity contribution < 1.29 is 18.1 Å². The summed E-state index contributed by atoms with van der Waals surface area (Å²) in [6.45, 7) is 1.55. The summed E-state index contributed by atoms with van der Waals surface area (Å²) < 4.78 is 27.7. The van der Waals surface area contributed by atoms with Gasteiger partial charge in [0.1, 0.15) is 0 Å². The minimum atomic E-state index is -3.95. The molecule has 3 rings (SSSR count). The van der Waals surface area contributed by atoms with Crippen LogP contribution in [0, 0.1) is 17.0 Å². The van der Waals surface area contributed by atoms with E-state index in [-0.39, 0.29) is 31.9 Å². The van der Waals surface area contributed by atoms with E-state index >= 15 is 0 Å². The third kappa shape index (κ3) is 4.73. The minimum absolute atomic E-state index is 0.0800. The summed E-state index contributed by atoms with van der Waals surface area (Å²) in [4.78, 5) is 23.2. The number of carbonyl (C=O) groups is 1. The quantitative estimate of drug-likeness (QED) is 0.417. The van der Waals surface area contributed by atoms with Crippen LogP contribution in [0.15, 0.2) is 59.5 Å². The van der Waals surface area contributed by atoms with Crippen LogP contribution in [-0.4, -0.2) is 19.2 Å². The van der Waals surface area contributed by atoms with Crippen LogP contribution in [-0.2, 0) is 10.0 Å². The van der Waals surface area contributed by atoms with E-state index in [1.807, 2.05) is 0 Å². The average Bonchev–Trinajstić information content (AvgIpc) is 3.06. The molecule has 0 saturated heterocycles. The fraction of sp³-hybridized carbons (Fsp3) is 0.0556. The Labute approximate surface area is 175 Å². The highest BCUT2D eigenvalue weighted by Crippen LogP contribution is 2.29. The Morgan fingerprint density at radius 3 is 2.52 bits per heavy atom. The van der Waals surface area contributed by atoms with Gasteiger partial charge >= 0.3 is 0 Å². The number of amides is 1. The number of benzene rings is 2. The molecule has 1 aromatic heterocycles. The summed E-state index contributed by atoms with van der Waals surface area (Å²) in [6, 6.07) is 13.2. The van der Waals surface area contributed by atoms with Gasteiger partial charge in [0.15, 0.2) is 0 Å². The third-order valence-electron chi connectivity index (χ3n) is 3.83. The van der Waals surface area contributed by atoms with E-state index in [0.717, 1.165) is 11.3 Å². The van der Waals surface area contributed by atoms with Crippen LogP contribution >= 0.6 is 22.9 Å². The van der Waals surface area contributed by atoms with Gasteiger partial charge in [-0.05, 0) is 37.3 Å². The average molecular weight is 452 g/mol. The lowest BCUT2D eigenvalue weighted by Gasteiger charge is -2.11. The number of para-hydroxylation sites is 1. The number of hydrogen-bond acceptors (Lipinski definition) is 6. The fourth-order valence-corrected chi connectivity index (χ4v) is 4.69. The molecule has 1 amide bonds. The Hall–Kier alpha value is -2.95. The number of hydrogen-bond donors (Lipinski definition) is 2. The molecule has 0 atom stereocenters. The second kappa shape index (κ2) is 8.19. The zero-order valence-corrected chi connectivity index (χ0v) is 17.3. The van der Waals surface area contributed by atoms with Gasteiger partial charge in [-0.25, -0.2) is 8.42 Å². The van der Waals surface area contributed by atoms with Crippen molar-refractivity contribution in [2.75, 3.05) is 10.0 Å². The Balaban J connectivity index is 1.82. The first kappa shape index (κ1) is 20.8. The topological polar surface area (TPSA) is 118 Å². The molecule has 2 aromatic carbocycles. The molecular formula is C18H14ClN3O5S2. The summed E-state index contributed by atoms with van der Waals surface area (Å²) >= 11 is 6.98. The first-order valence-electron chi connectivity index (χ1n) is 8.11. The van der Waals surface area contributed by atoms with Crippen LogP contribution in [0.2, 0.25) is 5.02 Å². The van der Waals surface area contributed by atoms with Crippen LogP contribution in [0.4, 0.5) is 17.1 Å². The van der Waals surface area contributed by atoms with Gasteiger partial charge in [0.05, 0.1) is 30.3 Å². The number of thiophene rings is 1. The second-order valence-electron chi connectivity index (χ2n) is 5.88. The molecule has 0 unspecified atom stereocenters. The van der Waals surface area contributed by atoms with Gasteiger partial charge in [0, 0.05) is 11.8 Å². The Kier molecular flexibility index (Phi) is 5.87. The molecular weight excluding hydrogens is 438 g/mol. The number of nitrogens with zero attached hydrogens (tertiary/aromatic N) is 1. The number of aryl methyl sites for hydroxylation is 1. The van der Waals surface area contributed by atoms with Crippen molar-refractivity contribution in [3.05, 3.63) is 79.5 Å². The molecule has 0 aliphatic heterocycles. The molecule has 2 N–H and O–H groups in total. The number of nitro groups is 1. The second-order valence-corrected chi connectivity index (χ2v) is 9.22. The molecule has 0 aliphatic carbocycles. The summed E-state index contributed by atoms with van der Waals surface area (Å²) in [6.07, 6.45) is 0. The molecule has 0 radical (unpaired) electrons. The fourth-order valence-electron chi connectivity index (χ4n) is 2.45. The van der Waals surface area contributed by atoms with Gasteiger partial charge in [0.2, 0.25) is 0 Å². The van der Waals surface area contributed by atoms with E-state index in [9.17, 15) is 23.3 Å². The first-order valence-corrected chi connectivity index (χ1v) is 10.8. The molecule has 11 heteroatoms. The number of halogens is 1. The maximum absolute atomic E-state index is 12.6. The maximum Gasteiger partial charge on any atom is 0.283 e. The van der Waals surface area contributed by atoms with E-state index in [2.05, 4.69) is 10.0 Å². The Morgan fingerprint density at radius 1 is 1.14 bits per heavy atom. The molecule has 0 fully saturated rings. The normalized spacial score (nSPS) is 11.1. The Bertz CT molecular complexity index is 1210. The molecule has 150 valence electrons. The molecule has 0 saturated carbocycles. The number of rotatable bonds is 6. The highest BCUT2D eigenvalue weighted by molar-refractivity contribution is 7.92. The highest BCUT2D eigenvalue weighted by atomic mass is 35.5. The van der Waals surface area contributed by atoms with Gasteiger partial charge in [0.25, 0.3) is 21.6 Å². The summed E-state index contributed by atoms with van der Waals surface area (Å²) in [7, 11) is -3.95. The number of anilines is 2. The zero-order chi connectivity index (χ0) is 21.2. The lowest BCUT2D eigenvalue weighted by Crippen LogP contribution is -2.14. The van der Waals surface area contributed by atoms with Crippen molar-refractivity contribution in [3.63, 3.8) is 0 Å². The molecule has 0 aliphatic rings. The summed E-state index contributed by atoms with van der Waals surface area (Å²) in [5, 5.41) is 13.7. The van der Waals surface area contributed by atoms with Crippen molar-refractivity contribution in [1.29, 1.82) is 0 Å². The minimum Gasteiger partial charge on any atom is -0.321 e. The van der Waals surface area contributed by atoms with Crippen LogP contribution in [0.3, 0.4) is 0 Å². The summed E-state index contributed by atoms with van der Waals surface area (Å²) in [5.41, 5.74) is 0.316.